The first-order valence-electron chi connectivity index (χ1n) is 13.6. The van der Waals surface area contributed by atoms with E-state index in [-0.39, 0.29) is 24.0 Å². The minimum absolute atomic E-state index is 0.0792. The Hall–Kier alpha value is -3.39. The molecule has 0 spiro atoms. The molecule has 3 aromatic carbocycles. The molecule has 0 aromatic heterocycles. The SMILES string of the molecule is CCc1cc(-c2ccc(F)cc2)c(O)cc1OCCCOc1cccc(OCCCCSC)c1CCC(=O)OC. The largest absolute Gasteiger partial charge is 0.507 e. The van der Waals surface area contributed by atoms with Crippen LogP contribution in [0.25, 0.3) is 11.1 Å². The predicted octanol–water partition coefficient (Wildman–Crippen LogP) is 7.24. The van der Waals surface area contributed by atoms with E-state index < -0.39 is 0 Å². The van der Waals surface area contributed by atoms with Gasteiger partial charge >= 0.3 is 5.97 Å². The van der Waals surface area contributed by atoms with Crippen molar-refractivity contribution < 1.29 is 33.2 Å². The standard InChI is InChI=1S/C32H39FO6S/c1-4-23-21-27(24-11-13-25(33)14-12-24)28(34)22-31(23)39-19-8-18-38-30-10-7-9-29(37-17-5-6-20-40-3)26(30)15-16-32(35)36-2/h7,9-14,21-22,34H,4-6,8,15-20H2,1-3H3. The van der Waals surface area contributed by atoms with Gasteiger partial charge < -0.3 is 24.1 Å². The van der Waals surface area contributed by atoms with Gasteiger partial charge in [-0.3, -0.25) is 4.79 Å². The number of carbonyl (C=O) groups is 1. The molecule has 0 heterocycles. The lowest BCUT2D eigenvalue weighted by molar-refractivity contribution is -0.140. The number of thioether (sulfide) groups is 1. The van der Waals surface area contributed by atoms with Crippen LogP contribution in [0.1, 0.15) is 43.7 Å². The first-order chi connectivity index (χ1) is 19.5. The Morgan fingerprint density at radius 2 is 1.55 bits per heavy atom. The first-order valence-corrected chi connectivity index (χ1v) is 15.0. The number of methoxy groups -OCH3 is 1. The number of carbonyl (C=O) groups excluding carboxylic acids is 1. The van der Waals surface area contributed by atoms with E-state index >= 15 is 0 Å². The summed E-state index contributed by atoms with van der Waals surface area (Å²) in [5, 5.41) is 10.6. The lowest BCUT2D eigenvalue weighted by atomic mass is 10.00. The van der Waals surface area contributed by atoms with Crippen molar-refractivity contribution in [1.29, 1.82) is 0 Å². The molecule has 0 atom stereocenters. The van der Waals surface area contributed by atoms with Gasteiger partial charge in [0.25, 0.3) is 0 Å². The highest BCUT2D eigenvalue weighted by atomic mass is 32.2. The minimum Gasteiger partial charge on any atom is -0.507 e. The minimum atomic E-state index is -0.322. The van der Waals surface area contributed by atoms with Crippen LogP contribution in [0.2, 0.25) is 0 Å². The molecule has 0 fully saturated rings. The smallest absolute Gasteiger partial charge is 0.305 e. The zero-order chi connectivity index (χ0) is 28.7. The first kappa shape index (κ1) is 31.1. The third-order valence-corrected chi connectivity index (χ3v) is 7.11. The maximum atomic E-state index is 13.3. The molecule has 0 amide bonds. The lowest BCUT2D eigenvalue weighted by Crippen LogP contribution is -2.09. The van der Waals surface area contributed by atoms with Gasteiger partial charge in [-0.2, -0.15) is 11.8 Å². The van der Waals surface area contributed by atoms with Gasteiger partial charge in [0.15, 0.2) is 0 Å². The predicted molar refractivity (Wildman–Crippen MR) is 158 cm³/mol. The fourth-order valence-corrected chi connectivity index (χ4v) is 4.72. The normalized spacial score (nSPS) is 10.8. The molecule has 6 nitrogen and oxygen atoms in total. The zero-order valence-corrected chi connectivity index (χ0v) is 24.4. The summed E-state index contributed by atoms with van der Waals surface area (Å²) >= 11 is 1.82. The second-order valence-corrected chi connectivity index (χ2v) is 10.2. The average molecular weight is 571 g/mol. The number of hydrogen-bond acceptors (Lipinski definition) is 7. The fourth-order valence-electron chi connectivity index (χ4n) is 4.23. The molecule has 0 radical (unpaired) electrons. The molecule has 0 bridgehead atoms. The molecular formula is C32H39FO6S. The molecule has 0 aliphatic heterocycles. The fraction of sp³-hybridized carbons (Fsp3) is 0.406. The summed E-state index contributed by atoms with van der Waals surface area (Å²) in [6, 6.07) is 15.2. The van der Waals surface area contributed by atoms with Gasteiger partial charge in [0.1, 0.15) is 28.8 Å². The van der Waals surface area contributed by atoms with Gasteiger partial charge in [0.2, 0.25) is 0 Å². The monoisotopic (exact) mass is 570 g/mol. The highest BCUT2D eigenvalue weighted by Gasteiger charge is 2.15. The van der Waals surface area contributed by atoms with E-state index in [4.69, 9.17) is 18.9 Å². The van der Waals surface area contributed by atoms with Crippen molar-refractivity contribution in [2.45, 2.75) is 45.4 Å². The molecule has 1 N–H and O–H groups in total. The molecule has 40 heavy (non-hydrogen) atoms. The number of aryl methyl sites for hydroxylation is 1. The average Bonchev–Trinajstić information content (AvgIpc) is 2.96. The van der Waals surface area contributed by atoms with E-state index in [1.54, 1.807) is 18.2 Å². The van der Waals surface area contributed by atoms with Crippen LogP contribution in [0, 0.1) is 5.82 Å². The van der Waals surface area contributed by atoms with Crippen LogP contribution in [-0.2, 0) is 22.4 Å². The molecule has 0 saturated carbocycles. The number of phenols is 1. The van der Waals surface area contributed by atoms with Crippen LogP contribution in [0.4, 0.5) is 4.39 Å². The van der Waals surface area contributed by atoms with Gasteiger partial charge in [0, 0.05) is 30.0 Å². The highest BCUT2D eigenvalue weighted by Crippen LogP contribution is 2.36. The van der Waals surface area contributed by atoms with Gasteiger partial charge in [0.05, 0.1) is 26.9 Å². The van der Waals surface area contributed by atoms with Crippen LogP contribution in [0.3, 0.4) is 0 Å². The molecule has 0 unspecified atom stereocenters. The Morgan fingerprint density at radius 1 is 0.900 bits per heavy atom. The molecule has 0 saturated heterocycles. The molecule has 216 valence electrons. The van der Waals surface area contributed by atoms with E-state index in [0.29, 0.717) is 56.1 Å². The van der Waals surface area contributed by atoms with Crippen LogP contribution in [0.5, 0.6) is 23.0 Å². The lowest BCUT2D eigenvalue weighted by Gasteiger charge is -2.17. The number of ether oxygens (including phenoxy) is 4. The van der Waals surface area contributed by atoms with E-state index in [1.165, 1.54) is 19.2 Å². The Labute approximate surface area is 240 Å². The van der Waals surface area contributed by atoms with Crippen molar-refractivity contribution in [3.8, 4) is 34.1 Å². The van der Waals surface area contributed by atoms with Crippen LogP contribution in [0.15, 0.2) is 54.6 Å². The van der Waals surface area contributed by atoms with E-state index in [9.17, 15) is 14.3 Å². The van der Waals surface area contributed by atoms with Gasteiger partial charge in [-0.1, -0.05) is 25.1 Å². The van der Waals surface area contributed by atoms with Crippen LogP contribution < -0.4 is 14.2 Å². The third-order valence-electron chi connectivity index (χ3n) is 6.42. The number of aromatic hydroxyl groups is 1. The summed E-state index contributed by atoms with van der Waals surface area (Å²) in [4.78, 5) is 11.8. The Bertz CT molecular complexity index is 1210. The Kier molecular flexibility index (Phi) is 13.0. The van der Waals surface area contributed by atoms with Crippen molar-refractivity contribution in [1.82, 2.24) is 0 Å². The summed E-state index contributed by atoms with van der Waals surface area (Å²) in [5.41, 5.74) is 3.18. The van der Waals surface area contributed by atoms with Crippen LogP contribution >= 0.6 is 11.8 Å². The van der Waals surface area contributed by atoms with E-state index in [1.807, 2.05) is 43.0 Å². The molecule has 0 aliphatic carbocycles. The van der Waals surface area contributed by atoms with Crippen molar-refractivity contribution in [2.24, 2.45) is 0 Å². The van der Waals surface area contributed by atoms with Crippen molar-refractivity contribution in [3.63, 3.8) is 0 Å². The number of phenolic OH excluding ortho intramolecular Hbond substituents is 1. The maximum absolute atomic E-state index is 13.3. The Morgan fingerprint density at radius 3 is 2.17 bits per heavy atom. The van der Waals surface area contributed by atoms with Crippen molar-refractivity contribution in [3.05, 3.63) is 71.5 Å². The van der Waals surface area contributed by atoms with Gasteiger partial charge in [-0.25, -0.2) is 4.39 Å². The van der Waals surface area contributed by atoms with E-state index in [2.05, 4.69) is 6.26 Å². The zero-order valence-electron chi connectivity index (χ0n) is 23.5. The van der Waals surface area contributed by atoms with Crippen molar-refractivity contribution >= 4 is 17.7 Å². The number of hydrogen-bond donors (Lipinski definition) is 1. The molecule has 3 rings (SSSR count). The Balaban J connectivity index is 1.60. The molecule has 8 heteroatoms. The number of unbranched alkanes of at least 4 members (excludes halogenated alkanes) is 1. The summed E-state index contributed by atoms with van der Waals surface area (Å²) < 4.78 is 36.3. The van der Waals surface area contributed by atoms with Crippen LogP contribution in [-0.4, -0.2) is 50.0 Å². The highest BCUT2D eigenvalue weighted by molar-refractivity contribution is 7.98. The molecular weight excluding hydrogens is 531 g/mol. The summed E-state index contributed by atoms with van der Waals surface area (Å²) in [5.74, 6) is 2.60. The summed E-state index contributed by atoms with van der Waals surface area (Å²) in [6.07, 6.45) is 6.16. The third kappa shape index (κ3) is 9.37. The molecule has 0 aliphatic rings. The second-order valence-electron chi connectivity index (χ2n) is 9.25. The number of halogens is 1. The number of benzene rings is 3. The number of rotatable bonds is 17. The van der Waals surface area contributed by atoms with Crippen molar-refractivity contribution in [2.75, 3.05) is 38.9 Å². The quantitative estimate of drug-likeness (QED) is 0.135. The van der Waals surface area contributed by atoms with Gasteiger partial charge in [-0.05, 0) is 79.2 Å². The topological polar surface area (TPSA) is 74.2 Å². The summed E-state index contributed by atoms with van der Waals surface area (Å²) in [6.45, 7) is 3.43. The second kappa shape index (κ2) is 16.7. The maximum Gasteiger partial charge on any atom is 0.305 e. The number of esters is 1. The van der Waals surface area contributed by atoms with Gasteiger partial charge in [-0.15, -0.1) is 0 Å². The van der Waals surface area contributed by atoms with E-state index in [0.717, 1.165) is 41.0 Å². The summed E-state index contributed by atoms with van der Waals surface area (Å²) in [7, 11) is 1.38. The molecule has 3 aromatic rings.